The van der Waals surface area contributed by atoms with Gasteiger partial charge in [0.15, 0.2) is 0 Å². The number of aliphatic imine (C=N–C) groups is 1. The number of hydrogen-bond donors (Lipinski definition) is 0. The van der Waals surface area contributed by atoms with Gasteiger partial charge < -0.3 is 0 Å². The van der Waals surface area contributed by atoms with Gasteiger partial charge in [-0.3, -0.25) is 9.79 Å². The Kier molecular flexibility index (Phi) is 5.72. The molecule has 0 aliphatic carbocycles. The third kappa shape index (κ3) is 4.16. The van der Waals surface area contributed by atoms with Crippen LogP contribution in [0.1, 0.15) is 42.9 Å². The Labute approximate surface area is 184 Å². The number of amides is 1. The monoisotopic (exact) mass is 436 g/mol. The molecule has 1 amide bonds. The van der Waals surface area contributed by atoms with E-state index in [1.807, 2.05) is 25.1 Å². The SMILES string of the molecule is CC1=NN2C(=O)CC(c3ccc(C#N)cc3)=NC2CC(c2ccc(Cl)cc2Cl)=CC1. The van der Waals surface area contributed by atoms with Gasteiger partial charge in [0.1, 0.15) is 6.17 Å². The number of rotatable bonds is 2. The number of nitriles is 1. The molecule has 2 aliphatic rings. The fourth-order valence-electron chi connectivity index (χ4n) is 3.58. The zero-order chi connectivity index (χ0) is 21.3. The van der Waals surface area contributed by atoms with Crippen LogP contribution in [-0.2, 0) is 4.79 Å². The summed E-state index contributed by atoms with van der Waals surface area (Å²) in [5.41, 5.74) is 4.80. The topological polar surface area (TPSA) is 68.8 Å². The van der Waals surface area contributed by atoms with E-state index in [1.54, 1.807) is 24.3 Å². The summed E-state index contributed by atoms with van der Waals surface area (Å²) in [6.07, 6.45) is 2.90. The van der Waals surface area contributed by atoms with Crippen molar-refractivity contribution in [3.05, 3.63) is 75.3 Å². The summed E-state index contributed by atoms with van der Waals surface area (Å²) in [4.78, 5) is 17.8. The predicted molar refractivity (Wildman–Crippen MR) is 120 cm³/mol. The summed E-state index contributed by atoms with van der Waals surface area (Å²) < 4.78 is 0. The average molecular weight is 437 g/mol. The van der Waals surface area contributed by atoms with E-state index in [1.165, 1.54) is 5.01 Å². The molecule has 2 aromatic carbocycles. The smallest absolute Gasteiger partial charge is 0.250 e. The number of hydrazone groups is 1. The summed E-state index contributed by atoms with van der Waals surface area (Å²) >= 11 is 12.5. The van der Waals surface area contributed by atoms with Gasteiger partial charge in [-0.2, -0.15) is 10.4 Å². The van der Waals surface area contributed by atoms with Gasteiger partial charge in [0.2, 0.25) is 0 Å². The Morgan fingerprint density at radius 3 is 2.63 bits per heavy atom. The summed E-state index contributed by atoms with van der Waals surface area (Å²) in [6.45, 7) is 1.90. The lowest BCUT2D eigenvalue weighted by Crippen LogP contribution is -2.42. The molecule has 2 heterocycles. The number of allylic oxidation sites excluding steroid dienone is 1. The second-order valence-electron chi connectivity index (χ2n) is 7.26. The first-order chi connectivity index (χ1) is 14.4. The van der Waals surface area contributed by atoms with Crippen molar-refractivity contribution in [2.24, 2.45) is 10.1 Å². The maximum atomic E-state index is 12.9. The number of nitrogens with zero attached hydrogens (tertiary/aromatic N) is 4. The Hall–Kier alpha value is -2.94. The van der Waals surface area contributed by atoms with Crippen LogP contribution in [0.4, 0.5) is 0 Å². The molecule has 0 aromatic heterocycles. The number of carbonyl (C=O) groups excluding carboxylic acids is 1. The van der Waals surface area contributed by atoms with Crippen molar-refractivity contribution in [2.75, 3.05) is 0 Å². The van der Waals surface area contributed by atoms with E-state index < -0.39 is 6.17 Å². The van der Waals surface area contributed by atoms with Crippen molar-refractivity contribution >= 4 is 46.1 Å². The molecule has 1 atom stereocenters. The Morgan fingerprint density at radius 1 is 1.17 bits per heavy atom. The molecule has 0 fully saturated rings. The number of fused-ring (bicyclic) bond motifs is 1. The fourth-order valence-corrected chi connectivity index (χ4v) is 4.11. The van der Waals surface area contributed by atoms with Crippen LogP contribution in [0.15, 0.2) is 58.6 Å². The molecule has 7 heteroatoms. The molecule has 0 N–H and O–H groups in total. The lowest BCUT2D eigenvalue weighted by atomic mass is 9.96. The zero-order valence-electron chi connectivity index (χ0n) is 16.3. The minimum absolute atomic E-state index is 0.0998. The number of benzene rings is 2. The molecule has 0 radical (unpaired) electrons. The minimum Gasteiger partial charge on any atom is -0.272 e. The largest absolute Gasteiger partial charge is 0.272 e. The van der Waals surface area contributed by atoms with Gasteiger partial charge in [0, 0.05) is 28.6 Å². The first kappa shape index (κ1) is 20.3. The van der Waals surface area contributed by atoms with E-state index in [9.17, 15) is 4.79 Å². The Morgan fingerprint density at radius 2 is 1.93 bits per heavy atom. The maximum Gasteiger partial charge on any atom is 0.250 e. The van der Waals surface area contributed by atoms with Crippen LogP contribution in [0, 0.1) is 11.3 Å². The second kappa shape index (κ2) is 8.43. The van der Waals surface area contributed by atoms with Gasteiger partial charge in [0.05, 0.1) is 23.8 Å². The molecule has 0 saturated heterocycles. The quantitative estimate of drug-likeness (QED) is 0.626. The molecule has 0 spiro atoms. The van der Waals surface area contributed by atoms with Gasteiger partial charge in [-0.25, -0.2) is 5.01 Å². The fraction of sp³-hybridized carbons (Fsp3) is 0.217. The molecule has 150 valence electrons. The van der Waals surface area contributed by atoms with E-state index >= 15 is 0 Å². The summed E-state index contributed by atoms with van der Waals surface area (Å²) in [6, 6.07) is 14.6. The van der Waals surface area contributed by atoms with E-state index in [0.29, 0.717) is 34.2 Å². The van der Waals surface area contributed by atoms with Gasteiger partial charge in [0.25, 0.3) is 5.91 Å². The summed E-state index contributed by atoms with van der Waals surface area (Å²) in [7, 11) is 0. The first-order valence-corrected chi connectivity index (χ1v) is 10.3. The molecule has 4 rings (SSSR count). The van der Waals surface area contributed by atoms with Crippen LogP contribution in [0.3, 0.4) is 0 Å². The van der Waals surface area contributed by atoms with Crippen LogP contribution in [-0.4, -0.2) is 28.5 Å². The third-order valence-corrected chi connectivity index (χ3v) is 5.66. The average Bonchev–Trinajstić information content (AvgIpc) is 2.72. The van der Waals surface area contributed by atoms with Gasteiger partial charge >= 0.3 is 0 Å². The number of hydrogen-bond acceptors (Lipinski definition) is 4. The van der Waals surface area contributed by atoms with Crippen molar-refractivity contribution in [3.63, 3.8) is 0 Å². The molecule has 1 unspecified atom stereocenters. The van der Waals surface area contributed by atoms with E-state index in [0.717, 1.165) is 22.4 Å². The minimum atomic E-state index is -0.467. The van der Waals surface area contributed by atoms with E-state index in [4.69, 9.17) is 33.5 Å². The molecule has 0 bridgehead atoms. The van der Waals surface area contributed by atoms with Crippen molar-refractivity contribution in [3.8, 4) is 6.07 Å². The molecule has 2 aliphatic heterocycles. The van der Waals surface area contributed by atoms with Crippen LogP contribution >= 0.6 is 23.2 Å². The van der Waals surface area contributed by atoms with Crippen molar-refractivity contribution in [1.82, 2.24) is 5.01 Å². The Bertz CT molecular complexity index is 1140. The Balaban J connectivity index is 1.73. The normalized spacial score (nSPS) is 19.0. The van der Waals surface area contributed by atoms with Crippen LogP contribution < -0.4 is 0 Å². The number of halogens is 2. The lowest BCUT2D eigenvalue weighted by molar-refractivity contribution is -0.132. The lowest BCUT2D eigenvalue weighted by Gasteiger charge is -2.32. The highest BCUT2D eigenvalue weighted by Gasteiger charge is 2.32. The highest BCUT2D eigenvalue weighted by atomic mass is 35.5. The molecular formula is C23H18Cl2N4O. The molecule has 0 saturated carbocycles. The van der Waals surface area contributed by atoms with E-state index in [2.05, 4.69) is 17.2 Å². The summed E-state index contributed by atoms with van der Waals surface area (Å²) in [5.74, 6) is -0.0998. The number of carbonyl (C=O) groups is 1. The second-order valence-corrected chi connectivity index (χ2v) is 8.10. The van der Waals surface area contributed by atoms with Gasteiger partial charge in [-0.15, -0.1) is 0 Å². The van der Waals surface area contributed by atoms with Crippen LogP contribution in [0.25, 0.3) is 5.57 Å². The highest BCUT2D eigenvalue weighted by Crippen LogP contribution is 2.34. The standard InChI is InChI=1S/C23H18Cl2N4O/c1-14-2-5-17(19-9-8-18(24)11-20(19)25)10-22-27-21(12-23(30)29(22)28-14)16-6-3-15(13-26)4-7-16/h3-9,11,22H,2,10,12H2,1H3. The van der Waals surface area contributed by atoms with Crippen molar-refractivity contribution < 1.29 is 4.79 Å². The molecule has 2 aromatic rings. The molecular weight excluding hydrogens is 419 g/mol. The first-order valence-electron chi connectivity index (χ1n) is 9.52. The van der Waals surface area contributed by atoms with E-state index in [-0.39, 0.29) is 12.3 Å². The summed E-state index contributed by atoms with van der Waals surface area (Å²) in [5, 5.41) is 16.1. The van der Waals surface area contributed by atoms with Gasteiger partial charge in [-0.05, 0) is 47.9 Å². The maximum absolute atomic E-state index is 12.9. The van der Waals surface area contributed by atoms with Crippen LogP contribution in [0.5, 0.6) is 0 Å². The highest BCUT2D eigenvalue weighted by molar-refractivity contribution is 6.35. The van der Waals surface area contributed by atoms with Crippen molar-refractivity contribution in [2.45, 2.75) is 32.4 Å². The van der Waals surface area contributed by atoms with Crippen LogP contribution in [0.2, 0.25) is 10.0 Å². The van der Waals surface area contributed by atoms with Crippen molar-refractivity contribution in [1.29, 1.82) is 5.26 Å². The molecule has 5 nitrogen and oxygen atoms in total. The zero-order valence-corrected chi connectivity index (χ0v) is 17.8. The third-order valence-electron chi connectivity index (χ3n) is 5.11. The van der Waals surface area contributed by atoms with Gasteiger partial charge in [-0.1, -0.05) is 47.5 Å². The predicted octanol–water partition coefficient (Wildman–Crippen LogP) is 5.47. The molecule has 30 heavy (non-hydrogen) atoms.